The third kappa shape index (κ3) is 1.31. The van der Waals surface area contributed by atoms with Gasteiger partial charge in [-0.15, -0.1) is 0 Å². The van der Waals surface area contributed by atoms with E-state index in [4.69, 9.17) is 5.73 Å². The Morgan fingerprint density at radius 3 is 2.46 bits per heavy atom. The molecule has 1 aromatic heterocycles. The molecule has 2 nitrogen and oxygen atoms in total. The van der Waals surface area contributed by atoms with Gasteiger partial charge in [0.05, 0.1) is 0 Å². The smallest absolute Gasteiger partial charge is 0.0498 e. The minimum Gasteiger partial charge on any atom is -0.398 e. The van der Waals surface area contributed by atoms with Crippen molar-refractivity contribution in [3.05, 3.63) is 42.6 Å². The number of hydrogen-bond acceptors (Lipinski definition) is 1. The van der Waals surface area contributed by atoms with E-state index in [0.29, 0.717) is 0 Å². The van der Waals surface area contributed by atoms with E-state index >= 15 is 0 Å². The van der Waals surface area contributed by atoms with Gasteiger partial charge in [0, 0.05) is 30.2 Å². The monoisotopic (exact) mass is 172 g/mol. The van der Waals surface area contributed by atoms with E-state index in [0.717, 1.165) is 16.9 Å². The van der Waals surface area contributed by atoms with Crippen LogP contribution in [0.25, 0.3) is 11.3 Å². The summed E-state index contributed by atoms with van der Waals surface area (Å²) in [4.78, 5) is 0. The lowest BCUT2D eigenvalue weighted by atomic mass is 10.1. The second-order valence-corrected chi connectivity index (χ2v) is 3.09. The van der Waals surface area contributed by atoms with Gasteiger partial charge in [0.25, 0.3) is 0 Å². The zero-order valence-electron chi connectivity index (χ0n) is 7.57. The van der Waals surface area contributed by atoms with Crippen LogP contribution in [0, 0.1) is 0 Å². The molecule has 0 amide bonds. The predicted molar refractivity (Wildman–Crippen MR) is 55.3 cm³/mol. The number of anilines is 1. The highest BCUT2D eigenvalue weighted by Gasteiger charge is 2.03. The minimum atomic E-state index is 0.823. The van der Waals surface area contributed by atoms with Gasteiger partial charge >= 0.3 is 0 Å². The summed E-state index contributed by atoms with van der Waals surface area (Å²) in [6, 6.07) is 12.0. The fourth-order valence-corrected chi connectivity index (χ4v) is 1.47. The molecule has 0 atom stereocenters. The van der Waals surface area contributed by atoms with Gasteiger partial charge in [0.2, 0.25) is 0 Å². The van der Waals surface area contributed by atoms with Crippen molar-refractivity contribution in [1.29, 1.82) is 0 Å². The Kier molecular flexibility index (Phi) is 1.81. The topological polar surface area (TPSA) is 30.9 Å². The van der Waals surface area contributed by atoms with Crippen LogP contribution >= 0.6 is 0 Å². The van der Waals surface area contributed by atoms with Crippen LogP contribution < -0.4 is 5.73 Å². The number of benzene rings is 1. The predicted octanol–water partition coefficient (Wildman–Crippen LogP) is 2.27. The molecule has 0 aliphatic heterocycles. The zero-order valence-corrected chi connectivity index (χ0v) is 7.57. The van der Waals surface area contributed by atoms with Crippen LogP contribution in [0.3, 0.4) is 0 Å². The molecule has 0 bridgehead atoms. The van der Waals surface area contributed by atoms with Crippen LogP contribution in [0.4, 0.5) is 5.69 Å². The van der Waals surface area contributed by atoms with Gasteiger partial charge in [-0.2, -0.15) is 0 Å². The van der Waals surface area contributed by atoms with Crippen LogP contribution in [-0.4, -0.2) is 4.57 Å². The maximum atomic E-state index is 5.87. The summed E-state index contributed by atoms with van der Waals surface area (Å²) in [5.74, 6) is 0. The van der Waals surface area contributed by atoms with Gasteiger partial charge in [-0.1, -0.05) is 18.2 Å². The number of nitrogen functional groups attached to an aromatic ring is 1. The second-order valence-electron chi connectivity index (χ2n) is 3.09. The van der Waals surface area contributed by atoms with E-state index in [9.17, 15) is 0 Å². The van der Waals surface area contributed by atoms with Crippen LogP contribution in [-0.2, 0) is 7.05 Å². The summed E-state index contributed by atoms with van der Waals surface area (Å²) in [5, 5.41) is 0. The molecular formula is C11H12N2. The number of aryl methyl sites for hydroxylation is 1. The van der Waals surface area contributed by atoms with Crippen LogP contribution in [0.15, 0.2) is 42.6 Å². The van der Waals surface area contributed by atoms with Crippen LogP contribution in [0.2, 0.25) is 0 Å². The van der Waals surface area contributed by atoms with E-state index in [1.54, 1.807) is 0 Å². The number of para-hydroxylation sites is 1. The van der Waals surface area contributed by atoms with Crippen molar-refractivity contribution in [1.82, 2.24) is 4.57 Å². The highest BCUT2D eigenvalue weighted by atomic mass is 14.9. The quantitative estimate of drug-likeness (QED) is 0.657. The molecule has 0 radical (unpaired) electrons. The van der Waals surface area contributed by atoms with E-state index < -0.39 is 0 Å². The van der Waals surface area contributed by atoms with Gasteiger partial charge in [0.1, 0.15) is 0 Å². The molecule has 0 spiro atoms. The first kappa shape index (κ1) is 7.92. The lowest BCUT2D eigenvalue weighted by molar-refractivity contribution is 0.937. The summed E-state index contributed by atoms with van der Waals surface area (Å²) in [6.45, 7) is 0. The lowest BCUT2D eigenvalue weighted by Gasteiger charge is -2.05. The molecule has 1 heterocycles. The summed E-state index contributed by atoms with van der Waals surface area (Å²) in [6.07, 6.45) is 2.02. The molecule has 2 heteroatoms. The fraction of sp³-hybridized carbons (Fsp3) is 0.0909. The van der Waals surface area contributed by atoms with E-state index in [-0.39, 0.29) is 0 Å². The van der Waals surface area contributed by atoms with Gasteiger partial charge < -0.3 is 10.3 Å². The Labute approximate surface area is 77.6 Å². The van der Waals surface area contributed by atoms with E-state index in [2.05, 4.69) is 10.6 Å². The first-order valence-corrected chi connectivity index (χ1v) is 4.25. The van der Waals surface area contributed by atoms with Crippen LogP contribution in [0.1, 0.15) is 0 Å². The largest absolute Gasteiger partial charge is 0.398 e. The summed E-state index contributed by atoms with van der Waals surface area (Å²) in [7, 11) is 2.02. The van der Waals surface area contributed by atoms with Crippen molar-refractivity contribution in [3.63, 3.8) is 0 Å². The number of rotatable bonds is 1. The maximum absolute atomic E-state index is 5.87. The van der Waals surface area contributed by atoms with Gasteiger partial charge in [-0.05, 0) is 18.2 Å². The maximum Gasteiger partial charge on any atom is 0.0498 e. The molecule has 0 aliphatic rings. The highest BCUT2D eigenvalue weighted by Crippen LogP contribution is 2.24. The van der Waals surface area contributed by atoms with E-state index in [1.807, 2.05) is 43.6 Å². The van der Waals surface area contributed by atoms with Gasteiger partial charge in [0.15, 0.2) is 0 Å². The Bertz CT molecular complexity index is 416. The molecular weight excluding hydrogens is 160 g/mol. The van der Waals surface area contributed by atoms with E-state index in [1.165, 1.54) is 0 Å². The molecule has 66 valence electrons. The standard InChI is InChI=1S/C11H12N2/c1-13-8-4-7-11(13)9-5-2-3-6-10(9)12/h2-8H,12H2,1H3. The summed E-state index contributed by atoms with van der Waals surface area (Å²) in [5.41, 5.74) is 8.93. The minimum absolute atomic E-state index is 0.823. The number of nitrogens with zero attached hydrogens (tertiary/aromatic N) is 1. The Morgan fingerprint density at radius 1 is 1.08 bits per heavy atom. The number of aromatic nitrogens is 1. The lowest BCUT2D eigenvalue weighted by Crippen LogP contribution is -1.93. The van der Waals surface area contributed by atoms with Crippen molar-refractivity contribution in [2.45, 2.75) is 0 Å². The van der Waals surface area contributed by atoms with Crippen LogP contribution in [0.5, 0.6) is 0 Å². The van der Waals surface area contributed by atoms with Crippen molar-refractivity contribution >= 4 is 5.69 Å². The zero-order chi connectivity index (χ0) is 9.26. The molecule has 1 aromatic carbocycles. The SMILES string of the molecule is Cn1cccc1-c1ccccc1N. The molecule has 2 rings (SSSR count). The third-order valence-corrected chi connectivity index (χ3v) is 2.18. The third-order valence-electron chi connectivity index (χ3n) is 2.18. The number of nitrogens with two attached hydrogens (primary N) is 1. The molecule has 0 unspecified atom stereocenters. The van der Waals surface area contributed by atoms with Gasteiger partial charge in [-0.3, -0.25) is 0 Å². The molecule has 0 aliphatic carbocycles. The van der Waals surface area contributed by atoms with Gasteiger partial charge in [-0.25, -0.2) is 0 Å². The first-order chi connectivity index (χ1) is 6.29. The molecule has 0 saturated heterocycles. The fourth-order valence-electron chi connectivity index (χ4n) is 1.47. The first-order valence-electron chi connectivity index (χ1n) is 4.25. The highest BCUT2D eigenvalue weighted by molar-refractivity contribution is 5.73. The Hall–Kier alpha value is -1.70. The molecule has 0 fully saturated rings. The second kappa shape index (κ2) is 2.98. The number of hydrogen-bond donors (Lipinski definition) is 1. The normalized spacial score (nSPS) is 10.2. The molecule has 2 N–H and O–H groups in total. The summed E-state index contributed by atoms with van der Waals surface area (Å²) >= 11 is 0. The molecule has 13 heavy (non-hydrogen) atoms. The van der Waals surface area contributed by atoms with Crippen molar-refractivity contribution in [3.8, 4) is 11.3 Å². The average Bonchev–Trinajstić information content (AvgIpc) is 2.52. The van der Waals surface area contributed by atoms with Crippen molar-refractivity contribution < 1.29 is 0 Å². The molecule has 0 saturated carbocycles. The Balaban J connectivity index is 2.59. The van der Waals surface area contributed by atoms with Crippen molar-refractivity contribution in [2.24, 2.45) is 7.05 Å². The average molecular weight is 172 g/mol. The molecule has 2 aromatic rings. The summed E-state index contributed by atoms with van der Waals surface area (Å²) < 4.78 is 2.06. The van der Waals surface area contributed by atoms with Crippen molar-refractivity contribution in [2.75, 3.05) is 5.73 Å². The Morgan fingerprint density at radius 2 is 1.85 bits per heavy atom.